The minimum atomic E-state index is -0.418. The Balaban J connectivity index is 2.02. The predicted molar refractivity (Wildman–Crippen MR) is 88.6 cm³/mol. The Morgan fingerprint density at radius 2 is 2.00 bits per heavy atom. The maximum atomic E-state index is 13.6. The summed E-state index contributed by atoms with van der Waals surface area (Å²) in [4.78, 5) is 17.1. The van der Waals surface area contributed by atoms with Crippen molar-refractivity contribution >= 4 is 28.8 Å². The highest BCUT2D eigenvalue weighted by atomic mass is 35.5. The smallest absolute Gasteiger partial charge is 0.274 e. The van der Waals surface area contributed by atoms with Gasteiger partial charge in [0.15, 0.2) is 0 Å². The first kappa shape index (κ1) is 15.5. The lowest BCUT2D eigenvalue weighted by atomic mass is 10.2. The van der Waals surface area contributed by atoms with Gasteiger partial charge in [-0.3, -0.25) is 9.20 Å². The summed E-state index contributed by atoms with van der Waals surface area (Å²) < 4.78 is 15.0. The van der Waals surface area contributed by atoms with Crippen LogP contribution in [0, 0.1) is 5.82 Å². The number of nitrogens with zero attached hydrogens (tertiary/aromatic N) is 2. The summed E-state index contributed by atoms with van der Waals surface area (Å²) in [6, 6.07) is 9.70. The molecule has 6 heteroatoms. The molecule has 0 saturated heterocycles. The van der Waals surface area contributed by atoms with E-state index in [1.54, 1.807) is 30.3 Å². The number of anilines is 1. The highest BCUT2D eigenvalue weighted by Crippen LogP contribution is 2.19. The highest BCUT2D eigenvalue weighted by molar-refractivity contribution is 6.30. The van der Waals surface area contributed by atoms with Gasteiger partial charge in [-0.05, 0) is 42.8 Å². The van der Waals surface area contributed by atoms with Crippen LogP contribution in [-0.4, -0.2) is 15.3 Å². The minimum absolute atomic E-state index is 0.325. The molecule has 0 aliphatic heterocycles. The van der Waals surface area contributed by atoms with Crippen LogP contribution in [0.4, 0.5) is 10.1 Å². The second kappa shape index (κ2) is 6.38. The van der Waals surface area contributed by atoms with Gasteiger partial charge in [0.05, 0.1) is 5.69 Å². The summed E-state index contributed by atoms with van der Waals surface area (Å²) in [6.07, 6.45) is 2.76. The second-order valence-electron chi connectivity index (χ2n) is 5.19. The Labute approximate surface area is 137 Å². The first-order valence-corrected chi connectivity index (χ1v) is 7.69. The van der Waals surface area contributed by atoms with Gasteiger partial charge in [0.2, 0.25) is 0 Å². The number of hydrogen-bond acceptors (Lipinski definition) is 2. The van der Waals surface area contributed by atoms with Crippen LogP contribution in [0.25, 0.3) is 5.65 Å². The zero-order chi connectivity index (χ0) is 16.4. The van der Waals surface area contributed by atoms with Gasteiger partial charge in [0.1, 0.15) is 17.2 Å². The van der Waals surface area contributed by atoms with Crippen molar-refractivity contribution < 1.29 is 9.18 Å². The van der Waals surface area contributed by atoms with Crippen molar-refractivity contribution in [3.05, 3.63) is 64.8 Å². The topological polar surface area (TPSA) is 46.4 Å². The first-order valence-electron chi connectivity index (χ1n) is 7.32. The van der Waals surface area contributed by atoms with Crippen molar-refractivity contribution in [2.45, 2.75) is 19.8 Å². The maximum absolute atomic E-state index is 13.6. The monoisotopic (exact) mass is 331 g/mol. The number of nitrogens with one attached hydrogen (secondary N) is 1. The van der Waals surface area contributed by atoms with Crippen molar-refractivity contribution in [1.82, 2.24) is 9.38 Å². The molecule has 4 nitrogen and oxygen atoms in total. The van der Waals surface area contributed by atoms with Gasteiger partial charge in [-0.15, -0.1) is 0 Å². The summed E-state index contributed by atoms with van der Waals surface area (Å²) in [5.41, 5.74) is 2.19. The summed E-state index contributed by atoms with van der Waals surface area (Å²) >= 11 is 5.84. The van der Waals surface area contributed by atoms with Crippen LogP contribution >= 0.6 is 11.6 Å². The minimum Gasteiger partial charge on any atom is -0.321 e. The van der Waals surface area contributed by atoms with Crippen LogP contribution in [0.1, 0.15) is 29.5 Å². The van der Waals surface area contributed by atoms with Crippen LogP contribution in [0.3, 0.4) is 0 Å². The number of aryl methyl sites for hydroxylation is 1. The fourth-order valence-electron chi connectivity index (χ4n) is 2.44. The van der Waals surface area contributed by atoms with Crippen molar-refractivity contribution in [3.63, 3.8) is 0 Å². The Kier molecular flexibility index (Phi) is 4.30. The lowest BCUT2D eigenvalue weighted by molar-refractivity contribution is 0.102. The largest absolute Gasteiger partial charge is 0.321 e. The Bertz CT molecular complexity index is 858. The highest BCUT2D eigenvalue weighted by Gasteiger charge is 2.19. The van der Waals surface area contributed by atoms with E-state index < -0.39 is 5.82 Å². The fourth-order valence-corrected chi connectivity index (χ4v) is 2.57. The number of amides is 1. The molecule has 0 aliphatic carbocycles. The van der Waals surface area contributed by atoms with Gasteiger partial charge >= 0.3 is 0 Å². The molecule has 0 saturated carbocycles. The summed E-state index contributed by atoms with van der Waals surface area (Å²) in [6.45, 7) is 2.01. The standard InChI is InChI=1S/C17H15ClFN3O/c1-2-3-14-16(22-10-12(19)6-9-15(22)21-14)17(23)20-13-7-4-11(18)5-8-13/h4-10H,2-3H2,1H3,(H,20,23). The van der Waals surface area contributed by atoms with Crippen molar-refractivity contribution in [1.29, 1.82) is 0 Å². The molecule has 2 aromatic heterocycles. The molecule has 0 spiro atoms. The average molecular weight is 332 g/mol. The van der Waals surface area contributed by atoms with Crippen molar-refractivity contribution in [3.8, 4) is 0 Å². The maximum Gasteiger partial charge on any atom is 0.274 e. The predicted octanol–water partition coefficient (Wildman–Crippen LogP) is 4.33. The third-order valence-corrected chi connectivity index (χ3v) is 3.71. The van der Waals surface area contributed by atoms with Crippen LogP contribution < -0.4 is 5.32 Å². The SMILES string of the molecule is CCCc1nc2ccc(F)cn2c1C(=O)Nc1ccc(Cl)cc1. The van der Waals surface area contributed by atoms with Crippen LogP contribution in [0.15, 0.2) is 42.6 Å². The lowest BCUT2D eigenvalue weighted by Gasteiger charge is -2.07. The Morgan fingerprint density at radius 1 is 1.26 bits per heavy atom. The molecule has 118 valence electrons. The van der Waals surface area contributed by atoms with Crippen molar-refractivity contribution in [2.24, 2.45) is 0 Å². The number of aromatic nitrogens is 2. The van der Waals surface area contributed by atoms with E-state index in [0.717, 1.165) is 6.42 Å². The van der Waals surface area contributed by atoms with Gasteiger partial charge in [-0.1, -0.05) is 24.9 Å². The molecule has 3 rings (SSSR count). The summed E-state index contributed by atoms with van der Waals surface area (Å²) in [5, 5.41) is 3.39. The van der Waals surface area contributed by atoms with E-state index in [1.165, 1.54) is 16.7 Å². The lowest BCUT2D eigenvalue weighted by Crippen LogP contribution is -2.16. The number of carbonyl (C=O) groups is 1. The van der Waals surface area contributed by atoms with Crippen LogP contribution in [0.2, 0.25) is 5.02 Å². The molecule has 23 heavy (non-hydrogen) atoms. The third kappa shape index (κ3) is 3.19. The molecule has 0 unspecified atom stereocenters. The van der Waals surface area contributed by atoms with Crippen molar-refractivity contribution in [2.75, 3.05) is 5.32 Å². The quantitative estimate of drug-likeness (QED) is 0.773. The van der Waals surface area contributed by atoms with Gasteiger partial charge in [0, 0.05) is 16.9 Å². The van der Waals surface area contributed by atoms with Gasteiger partial charge in [-0.2, -0.15) is 0 Å². The Morgan fingerprint density at radius 3 is 2.70 bits per heavy atom. The average Bonchev–Trinajstić information content (AvgIpc) is 2.87. The Hall–Kier alpha value is -2.40. The van der Waals surface area contributed by atoms with Gasteiger partial charge in [0.25, 0.3) is 5.91 Å². The summed E-state index contributed by atoms with van der Waals surface area (Å²) in [7, 11) is 0. The molecule has 0 fully saturated rings. The molecule has 1 aromatic carbocycles. The number of fused-ring (bicyclic) bond motifs is 1. The molecular weight excluding hydrogens is 317 g/mol. The number of pyridine rings is 1. The zero-order valence-electron chi connectivity index (χ0n) is 12.5. The number of hydrogen-bond donors (Lipinski definition) is 1. The fraction of sp³-hybridized carbons (Fsp3) is 0.176. The molecule has 3 aromatic rings. The van der Waals surface area contributed by atoms with Crippen LogP contribution in [-0.2, 0) is 6.42 Å². The number of rotatable bonds is 4. The molecule has 0 aliphatic rings. The van der Waals surface area contributed by atoms with Gasteiger partial charge < -0.3 is 5.32 Å². The van der Waals surface area contributed by atoms with E-state index in [9.17, 15) is 9.18 Å². The van der Waals surface area contributed by atoms with E-state index in [2.05, 4.69) is 10.3 Å². The van der Waals surface area contributed by atoms with E-state index in [1.807, 2.05) is 6.92 Å². The van der Waals surface area contributed by atoms with E-state index >= 15 is 0 Å². The molecule has 0 radical (unpaired) electrons. The molecular formula is C17H15ClFN3O. The third-order valence-electron chi connectivity index (χ3n) is 3.46. The number of halogens is 2. The molecule has 1 amide bonds. The summed E-state index contributed by atoms with van der Waals surface area (Å²) in [5.74, 6) is -0.743. The molecule has 2 heterocycles. The van der Waals surface area contributed by atoms with Crippen LogP contribution in [0.5, 0.6) is 0 Å². The van der Waals surface area contributed by atoms with Gasteiger partial charge in [-0.25, -0.2) is 9.37 Å². The number of benzene rings is 1. The second-order valence-corrected chi connectivity index (χ2v) is 5.63. The zero-order valence-corrected chi connectivity index (χ0v) is 13.3. The molecule has 1 N–H and O–H groups in total. The normalized spacial score (nSPS) is 10.9. The number of imidazole rings is 1. The number of carbonyl (C=O) groups excluding carboxylic acids is 1. The van der Waals surface area contributed by atoms with E-state index in [0.29, 0.717) is 34.2 Å². The first-order chi connectivity index (χ1) is 11.1. The molecule has 0 bridgehead atoms. The molecule has 0 atom stereocenters. The van der Waals surface area contributed by atoms with E-state index in [-0.39, 0.29) is 5.91 Å². The van der Waals surface area contributed by atoms with E-state index in [4.69, 9.17) is 11.6 Å².